The van der Waals surface area contributed by atoms with E-state index in [0.717, 1.165) is 6.54 Å². The van der Waals surface area contributed by atoms with E-state index in [9.17, 15) is 0 Å². The molecule has 0 aliphatic carbocycles. The van der Waals surface area contributed by atoms with Gasteiger partial charge in [-0.2, -0.15) is 0 Å². The van der Waals surface area contributed by atoms with Crippen molar-refractivity contribution in [2.24, 2.45) is 0 Å². The molecule has 1 heterocycles. The number of hydrogen-bond acceptors (Lipinski definition) is 0. The van der Waals surface area contributed by atoms with Gasteiger partial charge in [0, 0.05) is 17.7 Å². The van der Waals surface area contributed by atoms with Gasteiger partial charge in [-0.15, -0.1) is 0 Å². The van der Waals surface area contributed by atoms with Crippen molar-refractivity contribution in [2.45, 2.75) is 45.6 Å². The highest BCUT2D eigenvalue weighted by molar-refractivity contribution is 5.13. The van der Waals surface area contributed by atoms with Crippen molar-refractivity contribution in [1.82, 2.24) is 0 Å². The maximum Gasteiger partial charge on any atom is 0.173 e. The third kappa shape index (κ3) is 4.86. The predicted octanol–water partition coefficient (Wildman–Crippen LogP) is 4.15. The topological polar surface area (TPSA) is 3.88 Å². The highest BCUT2D eigenvalue weighted by Gasteiger charge is 2.02. The van der Waals surface area contributed by atoms with Crippen LogP contribution in [0.25, 0.3) is 0 Å². The Balaban J connectivity index is 1.84. The molecule has 1 heteroatoms. The first-order valence-electron chi connectivity index (χ1n) is 7.40. The summed E-state index contributed by atoms with van der Waals surface area (Å²) in [5.74, 6) is 0. The number of pyridine rings is 1. The van der Waals surface area contributed by atoms with Crippen molar-refractivity contribution in [3.63, 3.8) is 0 Å². The number of unbranched alkanes of at least 4 members (excludes halogenated alkanes) is 3. The summed E-state index contributed by atoms with van der Waals surface area (Å²) in [7, 11) is 0. The molecule has 2 rings (SSSR count). The van der Waals surface area contributed by atoms with E-state index < -0.39 is 0 Å². The first-order chi connectivity index (χ1) is 9.38. The number of aromatic nitrogens is 1. The van der Waals surface area contributed by atoms with E-state index in [1.54, 1.807) is 0 Å². The molecule has 0 amide bonds. The molecule has 0 atom stereocenters. The van der Waals surface area contributed by atoms with Gasteiger partial charge in [0.25, 0.3) is 0 Å². The van der Waals surface area contributed by atoms with Crippen LogP contribution in [0.15, 0.2) is 54.9 Å². The summed E-state index contributed by atoms with van der Waals surface area (Å²) in [6.07, 6.45) is 11.0. The second-order valence-corrected chi connectivity index (χ2v) is 5.17. The second kappa shape index (κ2) is 7.73. The van der Waals surface area contributed by atoms with Gasteiger partial charge >= 0.3 is 0 Å². The molecule has 100 valence electrons. The summed E-state index contributed by atoms with van der Waals surface area (Å²) in [5, 5.41) is 0. The van der Waals surface area contributed by atoms with E-state index in [1.807, 2.05) is 0 Å². The first kappa shape index (κ1) is 13.8. The van der Waals surface area contributed by atoms with Crippen LogP contribution in [0.3, 0.4) is 0 Å². The molecule has 0 saturated carbocycles. The van der Waals surface area contributed by atoms with Gasteiger partial charge in [0.1, 0.15) is 0 Å². The number of benzene rings is 1. The molecule has 0 bridgehead atoms. The Morgan fingerprint density at radius 1 is 0.789 bits per heavy atom. The Bertz CT molecular complexity index is 459. The van der Waals surface area contributed by atoms with Gasteiger partial charge < -0.3 is 0 Å². The molecule has 0 N–H and O–H groups in total. The lowest BCUT2D eigenvalue weighted by Crippen LogP contribution is -2.33. The summed E-state index contributed by atoms with van der Waals surface area (Å²) in [6, 6.07) is 15.1. The fourth-order valence-electron chi connectivity index (χ4n) is 2.31. The molecular weight excluding hydrogens is 230 g/mol. The Kier molecular flexibility index (Phi) is 5.61. The Hall–Kier alpha value is -1.63. The van der Waals surface area contributed by atoms with Crippen LogP contribution in [-0.2, 0) is 13.0 Å². The van der Waals surface area contributed by atoms with Crippen molar-refractivity contribution in [3.05, 3.63) is 66.0 Å². The normalized spacial score (nSPS) is 10.6. The number of aryl methyl sites for hydroxylation is 1. The monoisotopic (exact) mass is 254 g/mol. The van der Waals surface area contributed by atoms with Gasteiger partial charge in [0.05, 0.1) is 0 Å². The predicted molar refractivity (Wildman–Crippen MR) is 80.0 cm³/mol. The van der Waals surface area contributed by atoms with Crippen molar-refractivity contribution in [1.29, 1.82) is 0 Å². The molecule has 2 aromatic rings. The zero-order valence-corrected chi connectivity index (χ0v) is 11.9. The maximum absolute atomic E-state index is 2.26. The molecule has 0 fully saturated rings. The Morgan fingerprint density at radius 2 is 1.53 bits per heavy atom. The Labute approximate surface area is 116 Å². The van der Waals surface area contributed by atoms with Crippen LogP contribution in [0.1, 0.15) is 43.7 Å². The van der Waals surface area contributed by atoms with Gasteiger partial charge in [0.15, 0.2) is 18.9 Å². The third-order valence-corrected chi connectivity index (χ3v) is 3.49. The quantitative estimate of drug-likeness (QED) is 0.516. The van der Waals surface area contributed by atoms with Gasteiger partial charge in [-0.3, -0.25) is 0 Å². The van der Waals surface area contributed by atoms with E-state index >= 15 is 0 Å². The fourth-order valence-corrected chi connectivity index (χ4v) is 2.31. The fraction of sp³-hybridized carbons (Fsp3) is 0.389. The van der Waals surface area contributed by atoms with Crippen molar-refractivity contribution in [3.8, 4) is 0 Å². The highest BCUT2D eigenvalue weighted by Crippen LogP contribution is 2.06. The van der Waals surface area contributed by atoms with Crippen molar-refractivity contribution >= 4 is 0 Å². The largest absolute Gasteiger partial charge is 0.201 e. The molecule has 1 aromatic heterocycles. The average molecular weight is 254 g/mol. The smallest absolute Gasteiger partial charge is 0.173 e. The number of hydrogen-bond donors (Lipinski definition) is 0. The Morgan fingerprint density at radius 3 is 2.21 bits per heavy atom. The summed E-state index contributed by atoms with van der Waals surface area (Å²) in [6.45, 7) is 3.21. The summed E-state index contributed by atoms with van der Waals surface area (Å²) < 4.78 is 2.24. The van der Waals surface area contributed by atoms with Crippen LogP contribution < -0.4 is 4.57 Å². The van der Waals surface area contributed by atoms with Gasteiger partial charge in [0.2, 0.25) is 0 Å². The van der Waals surface area contributed by atoms with E-state index in [2.05, 4.69) is 66.3 Å². The zero-order chi connectivity index (χ0) is 13.3. The van der Waals surface area contributed by atoms with Crippen molar-refractivity contribution < 1.29 is 4.57 Å². The lowest BCUT2D eigenvalue weighted by atomic mass is 10.1. The number of nitrogens with zero attached hydrogens (tertiary/aromatic N) is 1. The highest BCUT2D eigenvalue weighted by atomic mass is 14.9. The molecular formula is C18H24N+. The summed E-state index contributed by atoms with van der Waals surface area (Å²) >= 11 is 0. The van der Waals surface area contributed by atoms with Crippen LogP contribution in [0.4, 0.5) is 0 Å². The van der Waals surface area contributed by atoms with Crippen LogP contribution >= 0.6 is 0 Å². The summed E-state index contributed by atoms with van der Waals surface area (Å²) in [5.41, 5.74) is 2.81. The minimum Gasteiger partial charge on any atom is -0.201 e. The van der Waals surface area contributed by atoms with Crippen LogP contribution in [0, 0.1) is 0 Å². The summed E-state index contributed by atoms with van der Waals surface area (Å²) in [4.78, 5) is 0. The van der Waals surface area contributed by atoms with Gasteiger partial charge in [-0.05, 0) is 18.4 Å². The van der Waals surface area contributed by atoms with Gasteiger partial charge in [-0.1, -0.05) is 56.5 Å². The minimum absolute atomic E-state index is 0.955. The zero-order valence-electron chi connectivity index (χ0n) is 11.9. The molecule has 0 unspecified atom stereocenters. The third-order valence-electron chi connectivity index (χ3n) is 3.49. The molecule has 0 aliphatic heterocycles. The van der Waals surface area contributed by atoms with E-state index in [1.165, 1.54) is 43.2 Å². The molecule has 1 nitrogen and oxygen atoms in total. The van der Waals surface area contributed by atoms with Crippen molar-refractivity contribution in [2.75, 3.05) is 0 Å². The molecule has 1 aromatic carbocycles. The lowest BCUT2D eigenvalue weighted by molar-refractivity contribution is -0.688. The van der Waals surface area contributed by atoms with Crippen LogP contribution in [-0.4, -0.2) is 0 Å². The van der Waals surface area contributed by atoms with Crippen LogP contribution in [0.2, 0.25) is 0 Å². The van der Waals surface area contributed by atoms with E-state index in [-0.39, 0.29) is 0 Å². The molecule has 0 saturated heterocycles. The molecule has 19 heavy (non-hydrogen) atoms. The lowest BCUT2D eigenvalue weighted by Gasteiger charge is -2.01. The van der Waals surface area contributed by atoms with E-state index in [4.69, 9.17) is 0 Å². The average Bonchev–Trinajstić information content (AvgIpc) is 2.46. The molecule has 0 radical (unpaired) electrons. The SMILES string of the molecule is CCCCCCc1cc[n+](Cc2ccccc2)cc1. The number of rotatable bonds is 7. The van der Waals surface area contributed by atoms with Crippen LogP contribution in [0.5, 0.6) is 0 Å². The second-order valence-electron chi connectivity index (χ2n) is 5.17. The molecule has 0 spiro atoms. The standard InChI is InChI=1S/C18H24N/c1-2-3-4-6-9-17-12-14-19(15-13-17)16-18-10-7-5-8-11-18/h5,7-8,10-15H,2-4,6,9,16H2,1H3/q+1. The van der Waals surface area contributed by atoms with E-state index in [0.29, 0.717) is 0 Å². The van der Waals surface area contributed by atoms with Gasteiger partial charge in [-0.25, -0.2) is 4.57 Å². The first-order valence-corrected chi connectivity index (χ1v) is 7.40. The maximum atomic E-state index is 2.26. The molecule has 0 aliphatic rings. The minimum atomic E-state index is 0.955.